The van der Waals surface area contributed by atoms with Crippen molar-refractivity contribution in [3.8, 4) is 22.7 Å². The highest BCUT2D eigenvalue weighted by Gasteiger charge is 2.30. The van der Waals surface area contributed by atoms with Gasteiger partial charge in [0.2, 0.25) is 0 Å². The molecule has 4 nitrogen and oxygen atoms in total. The lowest BCUT2D eigenvalue weighted by Crippen LogP contribution is -2.17. The van der Waals surface area contributed by atoms with Crippen LogP contribution in [0.4, 0.5) is 13.2 Å². The van der Waals surface area contributed by atoms with Crippen LogP contribution >= 0.6 is 0 Å². The molecule has 1 aromatic heterocycles. The number of halogens is 3. The quantitative estimate of drug-likeness (QED) is 0.647. The topological polar surface area (TPSA) is 44.1 Å². The number of aromatic nitrogens is 2. The van der Waals surface area contributed by atoms with Gasteiger partial charge in [-0.3, -0.25) is 4.79 Å². The van der Waals surface area contributed by atoms with E-state index in [2.05, 4.69) is 9.84 Å². The molecule has 25 heavy (non-hydrogen) atoms. The largest absolute Gasteiger partial charge is 0.573 e. The molecule has 1 heterocycles. The fraction of sp³-hybridized carbons (Fsp3) is 0.111. The Kier molecular flexibility index (Phi) is 4.31. The smallest absolute Gasteiger partial charge is 0.406 e. The van der Waals surface area contributed by atoms with Gasteiger partial charge in [-0.05, 0) is 37.3 Å². The summed E-state index contributed by atoms with van der Waals surface area (Å²) in [5.41, 5.74) is 2.73. The third-order valence-corrected chi connectivity index (χ3v) is 3.51. The number of Topliss-reactive ketones (excluding diaryl/α,β-unsaturated/α-hetero) is 1. The maximum Gasteiger partial charge on any atom is 0.573 e. The summed E-state index contributed by atoms with van der Waals surface area (Å²) in [6, 6.07) is 14.2. The Hall–Kier alpha value is -3.09. The van der Waals surface area contributed by atoms with Crippen molar-refractivity contribution >= 4 is 5.78 Å². The van der Waals surface area contributed by atoms with E-state index in [0.717, 1.165) is 5.56 Å². The van der Waals surface area contributed by atoms with E-state index < -0.39 is 6.36 Å². The van der Waals surface area contributed by atoms with Crippen LogP contribution in [0.2, 0.25) is 0 Å². The van der Waals surface area contributed by atoms with Crippen molar-refractivity contribution in [3.05, 3.63) is 66.4 Å². The maximum atomic E-state index is 12.2. The van der Waals surface area contributed by atoms with Crippen LogP contribution in [0.3, 0.4) is 0 Å². The normalized spacial score (nSPS) is 11.4. The second-order valence-electron chi connectivity index (χ2n) is 5.32. The minimum absolute atomic E-state index is 0.0155. The molecule has 0 aliphatic heterocycles. The molecule has 0 fully saturated rings. The van der Waals surface area contributed by atoms with Crippen LogP contribution in [-0.2, 0) is 0 Å². The zero-order valence-corrected chi connectivity index (χ0v) is 13.1. The monoisotopic (exact) mass is 346 g/mol. The van der Waals surface area contributed by atoms with Crippen molar-refractivity contribution in [2.24, 2.45) is 0 Å². The number of benzene rings is 2. The Bertz CT molecular complexity index is 882. The molecule has 128 valence electrons. The number of ketones is 1. The molecular weight excluding hydrogens is 333 g/mol. The molecular formula is C18H13F3N2O2. The molecule has 0 spiro atoms. The lowest BCUT2D eigenvalue weighted by molar-refractivity contribution is -0.274. The predicted octanol–water partition coefficient (Wildman–Crippen LogP) is 4.64. The van der Waals surface area contributed by atoms with Crippen LogP contribution in [0.1, 0.15) is 17.3 Å². The molecule has 0 saturated heterocycles. The van der Waals surface area contributed by atoms with E-state index in [1.165, 1.54) is 31.2 Å². The number of carbonyl (C=O) groups is 1. The van der Waals surface area contributed by atoms with Crippen molar-refractivity contribution < 1.29 is 22.7 Å². The molecule has 3 rings (SSSR count). The fourth-order valence-electron chi connectivity index (χ4n) is 2.30. The van der Waals surface area contributed by atoms with Gasteiger partial charge in [0.1, 0.15) is 5.75 Å². The predicted molar refractivity (Wildman–Crippen MR) is 85.7 cm³/mol. The summed E-state index contributed by atoms with van der Waals surface area (Å²) in [7, 11) is 0. The van der Waals surface area contributed by atoms with Gasteiger partial charge in [0.05, 0.1) is 11.4 Å². The highest BCUT2D eigenvalue weighted by molar-refractivity contribution is 5.94. The van der Waals surface area contributed by atoms with Gasteiger partial charge < -0.3 is 4.74 Å². The summed E-state index contributed by atoms with van der Waals surface area (Å²) in [5, 5.41) is 4.40. The Morgan fingerprint density at radius 2 is 1.64 bits per heavy atom. The number of ether oxygens (including phenoxy) is 1. The van der Waals surface area contributed by atoms with Gasteiger partial charge in [0, 0.05) is 17.3 Å². The molecule has 0 radical (unpaired) electrons. The van der Waals surface area contributed by atoms with E-state index in [1.807, 2.05) is 0 Å². The van der Waals surface area contributed by atoms with E-state index in [9.17, 15) is 18.0 Å². The van der Waals surface area contributed by atoms with Crippen LogP contribution in [0.25, 0.3) is 16.9 Å². The van der Waals surface area contributed by atoms with Crippen molar-refractivity contribution in [1.82, 2.24) is 9.78 Å². The lowest BCUT2D eigenvalue weighted by Gasteiger charge is -2.09. The molecule has 0 bridgehead atoms. The fourth-order valence-corrected chi connectivity index (χ4v) is 2.30. The number of rotatable bonds is 4. The summed E-state index contributed by atoms with van der Waals surface area (Å²) >= 11 is 0. The van der Waals surface area contributed by atoms with Gasteiger partial charge in [-0.15, -0.1) is 13.2 Å². The van der Waals surface area contributed by atoms with Crippen LogP contribution in [0, 0.1) is 0 Å². The molecule has 0 unspecified atom stereocenters. The Labute approximate surface area is 141 Å². The van der Waals surface area contributed by atoms with E-state index in [0.29, 0.717) is 16.9 Å². The van der Waals surface area contributed by atoms with E-state index in [-0.39, 0.29) is 11.5 Å². The molecule has 0 amide bonds. The number of alkyl halides is 3. The molecule has 0 saturated carbocycles. The number of hydrogen-bond acceptors (Lipinski definition) is 3. The van der Waals surface area contributed by atoms with Gasteiger partial charge in [0.25, 0.3) is 0 Å². The van der Waals surface area contributed by atoms with Gasteiger partial charge >= 0.3 is 6.36 Å². The lowest BCUT2D eigenvalue weighted by atomic mass is 10.1. The van der Waals surface area contributed by atoms with Crippen LogP contribution in [0.15, 0.2) is 60.8 Å². The molecule has 0 atom stereocenters. The molecule has 0 aliphatic carbocycles. The first kappa shape index (κ1) is 16.8. The molecule has 0 N–H and O–H groups in total. The van der Waals surface area contributed by atoms with E-state index in [4.69, 9.17) is 0 Å². The SMILES string of the molecule is CC(=O)c1ccc(-c2ccn(-c3ccc(OC(F)(F)F)cc3)n2)cc1. The maximum absolute atomic E-state index is 12.2. The highest BCUT2D eigenvalue weighted by atomic mass is 19.4. The average Bonchev–Trinajstić information content (AvgIpc) is 3.04. The van der Waals surface area contributed by atoms with Crippen LogP contribution in [0.5, 0.6) is 5.75 Å². The van der Waals surface area contributed by atoms with E-state index in [1.54, 1.807) is 41.2 Å². The summed E-state index contributed by atoms with van der Waals surface area (Å²) in [5.74, 6) is -0.304. The summed E-state index contributed by atoms with van der Waals surface area (Å²) < 4.78 is 41.9. The van der Waals surface area contributed by atoms with Crippen molar-refractivity contribution in [1.29, 1.82) is 0 Å². The summed E-state index contributed by atoms with van der Waals surface area (Å²) in [4.78, 5) is 11.3. The average molecular weight is 346 g/mol. The minimum Gasteiger partial charge on any atom is -0.406 e. The van der Waals surface area contributed by atoms with Gasteiger partial charge in [-0.1, -0.05) is 24.3 Å². The van der Waals surface area contributed by atoms with Crippen molar-refractivity contribution in [2.45, 2.75) is 13.3 Å². The molecule has 0 aliphatic rings. The molecule has 3 aromatic rings. The summed E-state index contributed by atoms with van der Waals surface area (Å²) in [6.45, 7) is 1.50. The van der Waals surface area contributed by atoms with Gasteiger partial charge in [-0.2, -0.15) is 5.10 Å². The Morgan fingerprint density at radius 3 is 2.20 bits per heavy atom. The van der Waals surface area contributed by atoms with Gasteiger partial charge in [0.15, 0.2) is 5.78 Å². The minimum atomic E-state index is -4.72. The number of hydrogen-bond donors (Lipinski definition) is 0. The first-order chi connectivity index (χ1) is 11.8. The zero-order chi connectivity index (χ0) is 18.0. The van der Waals surface area contributed by atoms with Crippen molar-refractivity contribution in [3.63, 3.8) is 0 Å². The second kappa shape index (κ2) is 6.43. The second-order valence-corrected chi connectivity index (χ2v) is 5.32. The van der Waals surface area contributed by atoms with Gasteiger partial charge in [-0.25, -0.2) is 4.68 Å². The molecule has 7 heteroatoms. The Morgan fingerprint density at radius 1 is 1.00 bits per heavy atom. The highest BCUT2D eigenvalue weighted by Crippen LogP contribution is 2.24. The first-order valence-electron chi connectivity index (χ1n) is 7.35. The van der Waals surface area contributed by atoms with Crippen LogP contribution in [-0.4, -0.2) is 21.9 Å². The molecule has 2 aromatic carbocycles. The number of carbonyl (C=O) groups excluding carboxylic acids is 1. The third kappa shape index (κ3) is 4.06. The zero-order valence-electron chi connectivity index (χ0n) is 13.1. The van der Waals surface area contributed by atoms with Crippen molar-refractivity contribution in [2.75, 3.05) is 0 Å². The van der Waals surface area contributed by atoms with Crippen LogP contribution < -0.4 is 4.74 Å². The first-order valence-corrected chi connectivity index (χ1v) is 7.35. The number of nitrogens with zero attached hydrogens (tertiary/aromatic N) is 2. The third-order valence-electron chi connectivity index (χ3n) is 3.51. The standard InChI is InChI=1S/C18H13F3N2O2/c1-12(24)13-2-4-14(5-3-13)17-10-11-23(22-17)15-6-8-16(9-7-15)25-18(19,20)21/h2-11H,1H3. The Balaban J connectivity index is 1.80. The summed E-state index contributed by atoms with van der Waals surface area (Å²) in [6.07, 6.45) is -3.01. The van der Waals surface area contributed by atoms with E-state index >= 15 is 0 Å².